The summed E-state index contributed by atoms with van der Waals surface area (Å²) in [6.45, 7) is 7.87. The molecular weight excluding hydrogens is 248 g/mol. The quantitative estimate of drug-likeness (QED) is 0.663. The van der Waals surface area contributed by atoms with E-state index in [1.807, 2.05) is 45.9 Å². The van der Waals surface area contributed by atoms with Crippen molar-refractivity contribution in [3.63, 3.8) is 0 Å². The molecule has 104 valence electrons. The van der Waals surface area contributed by atoms with Crippen molar-refractivity contribution >= 4 is 6.29 Å². The Morgan fingerprint density at radius 1 is 1.10 bits per heavy atom. The van der Waals surface area contributed by atoms with Gasteiger partial charge in [0.05, 0.1) is 5.56 Å². The Morgan fingerprint density at radius 2 is 1.75 bits per heavy atom. The highest BCUT2D eigenvalue weighted by Crippen LogP contribution is 2.44. The van der Waals surface area contributed by atoms with Crippen LogP contribution in [0.15, 0.2) is 24.3 Å². The number of rotatable bonds is 1. The number of hydrogen-bond acceptors (Lipinski definition) is 2. The van der Waals surface area contributed by atoms with Crippen molar-refractivity contribution in [2.75, 3.05) is 0 Å². The van der Waals surface area contributed by atoms with Gasteiger partial charge in [0.1, 0.15) is 5.75 Å². The van der Waals surface area contributed by atoms with Gasteiger partial charge in [0.2, 0.25) is 0 Å². The molecule has 0 aliphatic heterocycles. The molecular formula is C18H20O2. The third kappa shape index (κ3) is 1.92. The lowest BCUT2D eigenvalue weighted by atomic mass is 9.92. The molecule has 0 atom stereocenters. The molecule has 0 amide bonds. The van der Waals surface area contributed by atoms with Gasteiger partial charge >= 0.3 is 0 Å². The Morgan fingerprint density at radius 3 is 2.40 bits per heavy atom. The highest BCUT2D eigenvalue weighted by molar-refractivity contribution is 5.96. The normalized spacial score (nSPS) is 11.2. The molecule has 20 heavy (non-hydrogen) atoms. The van der Waals surface area contributed by atoms with Crippen molar-refractivity contribution < 1.29 is 9.90 Å². The van der Waals surface area contributed by atoms with E-state index < -0.39 is 0 Å². The average molecular weight is 268 g/mol. The summed E-state index contributed by atoms with van der Waals surface area (Å²) in [6.07, 6.45) is 1.61. The minimum atomic E-state index is 0.123. The van der Waals surface area contributed by atoms with Crippen molar-refractivity contribution in [2.24, 2.45) is 0 Å². The maximum atomic E-state index is 11.3. The molecule has 2 aromatic carbocycles. The summed E-state index contributed by atoms with van der Waals surface area (Å²) < 4.78 is 0. The standard InChI is InChI=1S/C16H14O2.C2H6/c1-9-10(2)16(18)14(8-17)15-12-6-4-3-5-11(12)7-13(9)15;1-2/h3-6,8,18H,7H2,1-2H3;1-2H3. The fraction of sp³-hybridized carbons (Fsp3) is 0.278. The predicted octanol–water partition coefficient (Wildman–Crippen LogP) is 4.42. The fourth-order valence-electron chi connectivity index (χ4n) is 2.83. The van der Waals surface area contributed by atoms with Crippen LogP contribution in [0.5, 0.6) is 5.75 Å². The van der Waals surface area contributed by atoms with E-state index in [2.05, 4.69) is 6.07 Å². The Labute approximate surface area is 120 Å². The van der Waals surface area contributed by atoms with Crippen LogP contribution in [0.3, 0.4) is 0 Å². The molecule has 2 aromatic rings. The molecule has 0 radical (unpaired) electrons. The number of hydrogen-bond donors (Lipinski definition) is 1. The van der Waals surface area contributed by atoms with E-state index in [4.69, 9.17) is 0 Å². The zero-order chi connectivity index (χ0) is 14.9. The van der Waals surface area contributed by atoms with Gasteiger partial charge in [0.25, 0.3) is 0 Å². The van der Waals surface area contributed by atoms with Gasteiger partial charge in [-0.1, -0.05) is 38.1 Å². The lowest BCUT2D eigenvalue weighted by Crippen LogP contribution is -1.97. The fourth-order valence-corrected chi connectivity index (χ4v) is 2.83. The van der Waals surface area contributed by atoms with Crippen LogP contribution >= 0.6 is 0 Å². The van der Waals surface area contributed by atoms with Gasteiger partial charge in [-0.25, -0.2) is 0 Å². The molecule has 1 aliphatic carbocycles. The molecule has 2 nitrogen and oxygen atoms in total. The zero-order valence-electron chi connectivity index (χ0n) is 12.4. The second-order valence-corrected chi connectivity index (χ2v) is 4.82. The van der Waals surface area contributed by atoms with Crippen molar-refractivity contribution in [1.29, 1.82) is 0 Å². The SMILES string of the molecule is CC.Cc1c(C)c2c(c(C=O)c1O)-c1ccccc1C2. The molecule has 0 aromatic heterocycles. The Kier molecular flexibility index (Phi) is 3.93. The second kappa shape index (κ2) is 5.49. The Hall–Kier alpha value is -2.09. The number of aromatic hydroxyl groups is 1. The zero-order valence-corrected chi connectivity index (χ0v) is 12.4. The summed E-state index contributed by atoms with van der Waals surface area (Å²) >= 11 is 0. The summed E-state index contributed by atoms with van der Waals surface area (Å²) in [5, 5.41) is 10.1. The summed E-state index contributed by atoms with van der Waals surface area (Å²) in [6, 6.07) is 8.07. The van der Waals surface area contributed by atoms with E-state index in [0.29, 0.717) is 5.56 Å². The number of phenols is 1. The van der Waals surface area contributed by atoms with Gasteiger partial charge in [-0.15, -0.1) is 0 Å². The Balaban J connectivity index is 0.000000704. The lowest BCUT2D eigenvalue weighted by Gasteiger charge is -2.13. The summed E-state index contributed by atoms with van der Waals surface area (Å²) in [4.78, 5) is 11.3. The highest BCUT2D eigenvalue weighted by Gasteiger charge is 2.26. The van der Waals surface area contributed by atoms with E-state index in [1.54, 1.807) is 0 Å². The molecule has 0 heterocycles. The van der Waals surface area contributed by atoms with Crippen molar-refractivity contribution in [2.45, 2.75) is 34.1 Å². The lowest BCUT2D eigenvalue weighted by molar-refractivity contribution is 0.112. The molecule has 0 bridgehead atoms. The van der Waals surface area contributed by atoms with Gasteiger partial charge < -0.3 is 5.11 Å². The van der Waals surface area contributed by atoms with Gasteiger partial charge in [-0.05, 0) is 53.6 Å². The number of carbonyl (C=O) groups excluding carboxylic acids is 1. The van der Waals surface area contributed by atoms with Gasteiger partial charge in [-0.2, -0.15) is 0 Å². The summed E-state index contributed by atoms with van der Waals surface area (Å²) in [7, 11) is 0. The van der Waals surface area contributed by atoms with Gasteiger partial charge in [0.15, 0.2) is 6.29 Å². The molecule has 1 aliphatic rings. The van der Waals surface area contributed by atoms with E-state index in [0.717, 1.165) is 35.0 Å². The van der Waals surface area contributed by atoms with Gasteiger partial charge in [-0.3, -0.25) is 4.79 Å². The summed E-state index contributed by atoms with van der Waals surface area (Å²) in [5.74, 6) is 0.123. The first kappa shape index (κ1) is 14.3. The van der Waals surface area contributed by atoms with E-state index in [-0.39, 0.29) is 5.75 Å². The number of fused-ring (bicyclic) bond motifs is 3. The van der Waals surface area contributed by atoms with Crippen LogP contribution < -0.4 is 0 Å². The van der Waals surface area contributed by atoms with E-state index >= 15 is 0 Å². The van der Waals surface area contributed by atoms with E-state index in [9.17, 15) is 9.90 Å². The molecule has 3 rings (SSSR count). The van der Waals surface area contributed by atoms with Crippen molar-refractivity contribution in [3.05, 3.63) is 52.1 Å². The number of carbonyl (C=O) groups is 1. The summed E-state index contributed by atoms with van der Waals surface area (Å²) in [5.41, 5.74) is 6.72. The topological polar surface area (TPSA) is 37.3 Å². The molecule has 0 saturated carbocycles. The first-order valence-electron chi connectivity index (χ1n) is 7.03. The molecule has 2 heteroatoms. The van der Waals surface area contributed by atoms with Crippen LogP contribution in [0.4, 0.5) is 0 Å². The average Bonchev–Trinajstić information content (AvgIpc) is 2.87. The molecule has 0 unspecified atom stereocenters. The van der Waals surface area contributed by atoms with Crippen LogP contribution in [0, 0.1) is 13.8 Å². The van der Waals surface area contributed by atoms with Crippen LogP contribution in [0.2, 0.25) is 0 Å². The maximum Gasteiger partial charge on any atom is 0.154 e. The molecule has 0 fully saturated rings. The largest absolute Gasteiger partial charge is 0.507 e. The van der Waals surface area contributed by atoms with Crippen molar-refractivity contribution in [1.82, 2.24) is 0 Å². The molecule has 0 spiro atoms. The monoisotopic (exact) mass is 268 g/mol. The van der Waals surface area contributed by atoms with Crippen molar-refractivity contribution in [3.8, 4) is 16.9 Å². The third-order valence-electron chi connectivity index (χ3n) is 3.97. The third-order valence-corrected chi connectivity index (χ3v) is 3.97. The predicted molar refractivity (Wildman–Crippen MR) is 82.6 cm³/mol. The van der Waals surface area contributed by atoms with Crippen LogP contribution in [0.25, 0.3) is 11.1 Å². The highest BCUT2D eigenvalue weighted by atomic mass is 16.3. The van der Waals surface area contributed by atoms with Crippen LogP contribution in [-0.2, 0) is 6.42 Å². The number of aldehydes is 1. The number of benzene rings is 2. The molecule has 0 saturated heterocycles. The van der Waals surface area contributed by atoms with Gasteiger partial charge in [0, 0.05) is 0 Å². The maximum absolute atomic E-state index is 11.3. The minimum absolute atomic E-state index is 0.123. The Bertz CT molecular complexity index is 670. The van der Waals surface area contributed by atoms with E-state index in [1.165, 1.54) is 11.1 Å². The number of phenolic OH excluding ortho intramolecular Hbond substituents is 1. The second-order valence-electron chi connectivity index (χ2n) is 4.82. The van der Waals surface area contributed by atoms with Crippen LogP contribution in [0.1, 0.15) is 46.5 Å². The smallest absolute Gasteiger partial charge is 0.154 e. The van der Waals surface area contributed by atoms with Crippen LogP contribution in [-0.4, -0.2) is 11.4 Å². The first-order valence-corrected chi connectivity index (χ1v) is 7.03. The first-order chi connectivity index (χ1) is 9.65. The molecule has 1 N–H and O–H groups in total. The minimum Gasteiger partial charge on any atom is -0.507 e.